The van der Waals surface area contributed by atoms with E-state index >= 15 is 0 Å². The molecule has 339 valence electrons. The molecule has 4 heterocycles. The number of pyridine rings is 2. The number of benzene rings is 6. The van der Waals surface area contributed by atoms with E-state index in [4.69, 9.17) is 19.9 Å². The van der Waals surface area contributed by atoms with E-state index in [9.17, 15) is 0 Å². The van der Waals surface area contributed by atoms with Crippen LogP contribution in [-0.4, -0.2) is 32.8 Å². The number of aromatic nitrogens is 4. The Morgan fingerprint density at radius 1 is 0.657 bits per heavy atom. The van der Waals surface area contributed by atoms with Gasteiger partial charge in [0.15, 0.2) is 5.65 Å². The van der Waals surface area contributed by atoms with E-state index in [-0.39, 0.29) is 37.5 Å². The quantitative estimate of drug-likeness (QED) is 0.107. The molecule has 4 aromatic heterocycles. The summed E-state index contributed by atoms with van der Waals surface area (Å²) in [6, 6.07) is 53.7. The van der Waals surface area contributed by atoms with Crippen LogP contribution < -0.4 is 4.40 Å². The van der Waals surface area contributed by atoms with E-state index in [0.29, 0.717) is 5.65 Å². The van der Waals surface area contributed by atoms with Gasteiger partial charge in [0.05, 0.1) is 16.9 Å². The van der Waals surface area contributed by atoms with Crippen LogP contribution in [0.5, 0.6) is 0 Å². The molecule has 0 bridgehead atoms. The fraction of sp³-hybridized carbons (Fsp3) is 0.217. The van der Waals surface area contributed by atoms with Crippen molar-refractivity contribution in [2.45, 2.75) is 83.4 Å². The van der Waals surface area contributed by atoms with Crippen molar-refractivity contribution < 1.29 is 30.0 Å². The van der Waals surface area contributed by atoms with Crippen LogP contribution >= 0.6 is 0 Å². The SMILES string of the molecule is CC(C)c1cc(-c2ccccc2)cc(C(C)C)c1-n1c(-c2[c-]ccc3c2oc2ccccc23)nc2ncc(-c3ccccc3)cc21.[2H]C([2H])([2H])c1c[c-]c(-c2cc(C([2H])(C)C)[c]([Ge]([CH3])([CH3])[CH3])cn2)cc1.[Ir]. The first-order chi connectivity index (χ1) is 33.3. The number of imidazole rings is 1. The van der Waals surface area contributed by atoms with E-state index in [1.807, 2.05) is 56.6 Å². The number of nitrogens with zero attached hydrogens (tertiary/aromatic N) is 4. The smallest absolute Gasteiger partial charge is 0 e. The third-order valence-electron chi connectivity index (χ3n) is 12.3. The standard InChI is InChI=1S/C42H34N3O.C18H24GeN.Ir/c1-26(2)35-22-30(28-14-7-5-8-15-28)23-36(27(3)4)39(35)45-37-24-31(29-16-9-6-10-17-29)25-43-41(37)44-42(45)34-20-13-19-33-32-18-11-12-21-38(32)46-40(33)34;1-13(2)16-11-18(15-9-7-14(3)8-10-15)20-12-17(16)19(4,5)6;/h5-19,21-27H,1-4H3;7-9,11-13H,1-6H3;/q2*-1;/i;3D3,13D;. The third kappa shape index (κ3) is 9.63. The van der Waals surface area contributed by atoms with Crippen LogP contribution in [0, 0.1) is 19.0 Å². The summed E-state index contributed by atoms with van der Waals surface area (Å²) in [4.78, 5) is 14.8. The fourth-order valence-corrected chi connectivity index (χ4v) is 12.1. The van der Waals surface area contributed by atoms with E-state index in [1.165, 1.54) is 32.7 Å². The molecule has 0 spiro atoms. The fourth-order valence-electron chi connectivity index (χ4n) is 8.81. The van der Waals surface area contributed by atoms with Crippen LogP contribution in [0.15, 0.2) is 156 Å². The molecule has 6 aromatic carbocycles. The minimum atomic E-state index is -2.14. The Bertz CT molecular complexity index is 3470. The summed E-state index contributed by atoms with van der Waals surface area (Å²) in [6.07, 6.45) is 3.84. The van der Waals surface area contributed by atoms with Gasteiger partial charge in [-0.05, 0) is 63.9 Å². The second-order valence-electron chi connectivity index (χ2n) is 18.9. The average Bonchev–Trinajstić information content (AvgIpc) is 3.92. The summed E-state index contributed by atoms with van der Waals surface area (Å²) in [6.45, 7) is 10.8. The van der Waals surface area contributed by atoms with Crippen molar-refractivity contribution in [3.63, 3.8) is 0 Å². The Morgan fingerprint density at radius 2 is 1.31 bits per heavy atom. The molecule has 0 saturated carbocycles. The second kappa shape index (κ2) is 19.7. The van der Waals surface area contributed by atoms with Gasteiger partial charge in [-0.2, -0.15) is 0 Å². The molecule has 0 N–H and O–H groups in total. The third-order valence-corrected chi connectivity index (χ3v) is 16.5. The van der Waals surface area contributed by atoms with Crippen LogP contribution in [-0.2, 0) is 20.1 Å². The molecule has 0 unspecified atom stereocenters. The molecule has 0 atom stereocenters. The van der Waals surface area contributed by atoms with Gasteiger partial charge in [0, 0.05) is 42.9 Å². The van der Waals surface area contributed by atoms with Crippen LogP contribution in [0.2, 0.25) is 17.3 Å². The van der Waals surface area contributed by atoms with Gasteiger partial charge in [-0.1, -0.05) is 118 Å². The van der Waals surface area contributed by atoms with Gasteiger partial charge in [-0.15, -0.1) is 18.2 Å². The zero-order chi connectivity index (χ0) is 49.7. The van der Waals surface area contributed by atoms with Gasteiger partial charge in [0.1, 0.15) is 5.58 Å². The zero-order valence-electron chi connectivity index (χ0n) is 43.6. The van der Waals surface area contributed by atoms with Crippen LogP contribution in [0.1, 0.15) is 87.0 Å². The van der Waals surface area contributed by atoms with E-state index in [2.05, 4.69) is 158 Å². The van der Waals surface area contributed by atoms with Crippen molar-refractivity contribution in [2.75, 3.05) is 0 Å². The Kier molecular flexibility index (Phi) is 12.5. The number of hydrogen-bond acceptors (Lipinski definition) is 4. The molecular weight excluding hydrogens is 1060 g/mol. The van der Waals surface area contributed by atoms with Crippen molar-refractivity contribution >= 4 is 50.8 Å². The summed E-state index contributed by atoms with van der Waals surface area (Å²) < 4.78 is 40.9. The molecule has 10 rings (SSSR count). The van der Waals surface area contributed by atoms with Crippen molar-refractivity contribution in [3.8, 4) is 50.6 Å². The largest absolute Gasteiger partial charge is 0 e. The van der Waals surface area contributed by atoms with E-state index in [1.54, 1.807) is 12.1 Å². The molecule has 10 aromatic rings. The molecule has 0 aliphatic carbocycles. The summed E-state index contributed by atoms with van der Waals surface area (Å²) in [5.74, 6) is 7.45. The summed E-state index contributed by atoms with van der Waals surface area (Å²) in [5.41, 5.74) is 15.1. The Morgan fingerprint density at radius 3 is 1.93 bits per heavy atom. The number of furan rings is 1. The summed E-state index contributed by atoms with van der Waals surface area (Å²) in [7, 11) is 0. The molecule has 67 heavy (non-hydrogen) atoms. The first-order valence-electron chi connectivity index (χ1n) is 24.8. The van der Waals surface area contributed by atoms with Crippen molar-refractivity contribution in [2.24, 2.45) is 0 Å². The molecule has 0 fully saturated rings. The summed E-state index contributed by atoms with van der Waals surface area (Å²) >= 11 is -2.14. The summed E-state index contributed by atoms with van der Waals surface area (Å²) in [5, 5.41) is 2.13. The van der Waals surface area contributed by atoms with Gasteiger partial charge >= 0.3 is 131 Å². The Hall–Kier alpha value is -5.92. The molecule has 0 aliphatic heterocycles. The zero-order valence-corrected chi connectivity index (χ0v) is 44.1. The molecule has 0 saturated heterocycles. The van der Waals surface area contributed by atoms with Gasteiger partial charge < -0.3 is 8.98 Å². The number of rotatable bonds is 9. The monoisotopic (exact) mass is 1120 g/mol. The van der Waals surface area contributed by atoms with Crippen LogP contribution in [0.4, 0.5) is 0 Å². The maximum atomic E-state index is 8.49. The first-order valence-corrected chi connectivity index (χ1v) is 30.2. The maximum Gasteiger partial charge on any atom is 0 e. The van der Waals surface area contributed by atoms with Gasteiger partial charge in [-0.3, -0.25) is 4.98 Å². The first kappa shape index (κ1) is 42.4. The molecule has 7 heteroatoms. The van der Waals surface area contributed by atoms with Crippen molar-refractivity contribution in [3.05, 3.63) is 186 Å². The molecule has 1 radical (unpaired) electrons. The molecular formula is C60H58GeIrN4O-2. The predicted octanol–water partition coefficient (Wildman–Crippen LogP) is 15.9. The van der Waals surface area contributed by atoms with Gasteiger partial charge in [0.2, 0.25) is 0 Å². The minimum absolute atomic E-state index is 0. The predicted molar refractivity (Wildman–Crippen MR) is 280 cm³/mol. The molecule has 0 amide bonds. The van der Waals surface area contributed by atoms with Crippen LogP contribution in [0.25, 0.3) is 83.7 Å². The van der Waals surface area contributed by atoms with Gasteiger partial charge in [0.25, 0.3) is 0 Å². The van der Waals surface area contributed by atoms with Gasteiger partial charge in [-0.25, -0.2) is 4.98 Å². The van der Waals surface area contributed by atoms with Crippen molar-refractivity contribution in [1.29, 1.82) is 0 Å². The maximum absolute atomic E-state index is 8.49. The topological polar surface area (TPSA) is 56.7 Å². The van der Waals surface area contributed by atoms with E-state index in [0.717, 1.165) is 72.5 Å². The van der Waals surface area contributed by atoms with E-state index < -0.39 is 26.0 Å². The Labute approximate surface area is 418 Å². The Balaban J connectivity index is 0.000000230. The molecule has 0 aliphatic rings. The number of hydrogen-bond donors (Lipinski definition) is 0. The number of fused-ring (bicyclic) bond motifs is 4. The number of para-hydroxylation sites is 1. The minimum Gasteiger partial charge on any atom is 0 e. The number of aryl methyl sites for hydroxylation is 1. The second-order valence-corrected chi connectivity index (χ2v) is 29.5. The average molecular weight is 1120 g/mol. The van der Waals surface area contributed by atoms with Crippen molar-refractivity contribution in [1.82, 2.24) is 19.5 Å². The normalized spacial score (nSPS) is 12.9. The van der Waals surface area contributed by atoms with Crippen LogP contribution in [0.3, 0.4) is 0 Å². The molecule has 5 nitrogen and oxygen atoms in total.